The molecule has 0 amide bonds. The van der Waals surface area contributed by atoms with Crippen molar-refractivity contribution in [2.45, 2.75) is 5.16 Å². The molecule has 1 aromatic carbocycles. The second-order valence-electron chi connectivity index (χ2n) is 3.57. The second kappa shape index (κ2) is 6.36. The van der Waals surface area contributed by atoms with Gasteiger partial charge in [-0.1, -0.05) is 41.0 Å². The van der Waals surface area contributed by atoms with Gasteiger partial charge in [0.05, 0.1) is 16.7 Å². The molecule has 6 heteroatoms. The molecule has 0 unspecified atom stereocenters. The van der Waals surface area contributed by atoms with Gasteiger partial charge in [-0.05, 0) is 12.1 Å². The fourth-order valence-corrected chi connectivity index (χ4v) is 2.64. The molecule has 18 heavy (non-hydrogen) atoms. The van der Waals surface area contributed by atoms with Crippen molar-refractivity contribution in [2.75, 3.05) is 12.4 Å². The van der Waals surface area contributed by atoms with E-state index in [1.165, 1.54) is 0 Å². The van der Waals surface area contributed by atoms with Crippen LogP contribution in [0.3, 0.4) is 0 Å². The number of hydrogen-bond donors (Lipinski definition) is 0. The summed E-state index contributed by atoms with van der Waals surface area (Å²) in [6.45, 7) is 0.529. The molecule has 96 valence electrons. The molecule has 0 aliphatic rings. The second-order valence-corrected chi connectivity index (χ2v) is 5.44. The molecule has 1 heterocycles. The van der Waals surface area contributed by atoms with E-state index < -0.39 is 0 Å². The number of para-hydroxylation sites is 1. The molecule has 3 nitrogen and oxygen atoms in total. The van der Waals surface area contributed by atoms with Gasteiger partial charge in [0.15, 0.2) is 10.9 Å². The van der Waals surface area contributed by atoms with Crippen LogP contribution < -0.4 is 4.74 Å². The van der Waals surface area contributed by atoms with E-state index in [-0.39, 0.29) is 0 Å². The maximum absolute atomic E-state index is 6.00. The van der Waals surface area contributed by atoms with Gasteiger partial charge in [-0.15, -0.1) is 0 Å². The third-order valence-corrected chi connectivity index (χ3v) is 3.87. The van der Waals surface area contributed by atoms with Crippen molar-refractivity contribution in [3.05, 3.63) is 40.6 Å². The maximum atomic E-state index is 6.00. The Morgan fingerprint density at radius 2 is 2.06 bits per heavy atom. The highest BCUT2D eigenvalue weighted by Crippen LogP contribution is 2.32. The van der Waals surface area contributed by atoms with E-state index in [1.807, 2.05) is 17.8 Å². The number of nitrogens with zero attached hydrogens (tertiary/aromatic N) is 2. The zero-order valence-electron chi connectivity index (χ0n) is 9.77. The lowest BCUT2D eigenvalue weighted by Gasteiger charge is -2.09. The number of benzene rings is 1. The highest BCUT2D eigenvalue weighted by molar-refractivity contribution is 7.99. The van der Waals surface area contributed by atoms with Crippen molar-refractivity contribution in [3.8, 4) is 5.75 Å². The number of aryl methyl sites for hydroxylation is 1. The van der Waals surface area contributed by atoms with E-state index in [4.69, 9.17) is 27.9 Å². The molecule has 2 rings (SSSR count). The van der Waals surface area contributed by atoms with E-state index in [2.05, 4.69) is 4.98 Å². The minimum atomic E-state index is 0.529. The van der Waals surface area contributed by atoms with E-state index in [0.717, 1.165) is 10.9 Å². The first-order chi connectivity index (χ1) is 8.68. The Kier molecular flexibility index (Phi) is 4.80. The first-order valence-corrected chi connectivity index (χ1v) is 7.09. The number of rotatable bonds is 5. The van der Waals surface area contributed by atoms with Crippen LogP contribution in [0.25, 0.3) is 0 Å². The van der Waals surface area contributed by atoms with Crippen LogP contribution in [0.5, 0.6) is 5.75 Å². The number of aromatic nitrogens is 2. The van der Waals surface area contributed by atoms with Gasteiger partial charge in [-0.25, -0.2) is 4.98 Å². The molecule has 0 aliphatic carbocycles. The SMILES string of the molecule is Cn1ccnc1SCCOc1c(Cl)cccc1Cl. The van der Waals surface area contributed by atoms with Crippen LogP contribution in [0, 0.1) is 0 Å². The zero-order chi connectivity index (χ0) is 13.0. The minimum Gasteiger partial charge on any atom is -0.490 e. The zero-order valence-corrected chi connectivity index (χ0v) is 12.1. The van der Waals surface area contributed by atoms with Crippen molar-refractivity contribution in [1.29, 1.82) is 0 Å². The molecule has 0 radical (unpaired) electrons. The highest BCUT2D eigenvalue weighted by atomic mass is 35.5. The standard InChI is InChI=1S/C12H12Cl2N2OS/c1-16-6-5-15-12(16)18-8-7-17-11-9(13)3-2-4-10(11)14/h2-6H,7-8H2,1H3. The van der Waals surface area contributed by atoms with Crippen LogP contribution >= 0.6 is 35.0 Å². The van der Waals surface area contributed by atoms with Crippen LogP contribution in [0.15, 0.2) is 35.7 Å². The predicted octanol–water partition coefficient (Wildman–Crippen LogP) is 3.90. The smallest absolute Gasteiger partial charge is 0.167 e. The molecule has 0 bridgehead atoms. The van der Waals surface area contributed by atoms with Gasteiger partial charge >= 0.3 is 0 Å². The molecule has 0 fully saturated rings. The number of imidazole rings is 1. The average Bonchev–Trinajstić information content (AvgIpc) is 2.73. The van der Waals surface area contributed by atoms with Gasteiger partial charge in [-0.3, -0.25) is 0 Å². The Balaban J connectivity index is 1.84. The Morgan fingerprint density at radius 3 is 2.67 bits per heavy atom. The minimum absolute atomic E-state index is 0.529. The van der Waals surface area contributed by atoms with E-state index in [0.29, 0.717) is 22.4 Å². The first kappa shape index (κ1) is 13.6. The summed E-state index contributed by atoms with van der Waals surface area (Å²) in [6.07, 6.45) is 3.68. The monoisotopic (exact) mass is 302 g/mol. The Bertz CT molecular complexity index is 510. The lowest BCUT2D eigenvalue weighted by Crippen LogP contribution is -2.02. The highest BCUT2D eigenvalue weighted by Gasteiger charge is 2.06. The molecule has 0 aliphatic heterocycles. The van der Waals surface area contributed by atoms with E-state index in [1.54, 1.807) is 36.2 Å². The van der Waals surface area contributed by atoms with Crippen LogP contribution in [0.4, 0.5) is 0 Å². The van der Waals surface area contributed by atoms with Gasteiger partial charge in [-0.2, -0.15) is 0 Å². The third kappa shape index (κ3) is 3.34. The summed E-state index contributed by atoms with van der Waals surface area (Å²) < 4.78 is 7.55. The topological polar surface area (TPSA) is 27.1 Å². The number of thioether (sulfide) groups is 1. The molecule has 0 spiro atoms. The van der Waals surface area contributed by atoms with Crippen molar-refractivity contribution in [3.63, 3.8) is 0 Å². The lowest BCUT2D eigenvalue weighted by atomic mass is 10.3. The summed E-state index contributed by atoms with van der Waals surface area (Å²) in [5, 5.41) is 2.03. The van der Waals surface area contributed by atoms with Gasteiger partial charge < -0.3 is 9.30 Å². The van der Waals surface area contributed by atoms with Crippen LogP contribution in [0.1, 0.15) is 0 Å². The van der Waals surface area contributed by atoms with Gasteiger partial charge in [0.2, 0.25) is 0 Å². The Hall–Kier alpha value is -0.840. The fraction of sp³-hybridized carbons (Fsp3) is 0.250. The van der Waals surface area contributed by atoms with Crippen LogP contribution in [-0.2, 0) is 7.05 Å². The van der Waals surface area contributed by atoms with Crippen molar-refractivity contribution >= 4 is 35.0 Å². The lowest BCUT2D eigenvalue weighted by molar-refractivity contribution is 0.344. The van der Waals surface area contributed by atoms with Gasteiger partial charge in [0.25, 0.3) is 0 Å². The summed E-state index contributed by atoms with van der Waals surface area (Å²) in [4.78, 5) is 4.21. The molecule has 0 saturated carbocycles. The molecular weight excluding hydrogens is 291 g/mol. The van der Waals surface area contributed by atoms with Crippen molar-refractivity contribution in [2.24, 2.45) is 7.05 Å². The predicted molar refractivity (Wildman–Crippen MR) is 75.9 cm³/mol. The van der Waals surface area contributed by atoms with Crippen molar-refractivity contribution < 1.29 is 4.74 Å². The van der Waals surface area contributed by atoms with Gasteiger partial charge in [0, 0.05) is 25.2 Å². The largest absolute Gasteiger partial charge is 0.490 e. The van der Waals surface area contributed by atoms with E-state index >= 15 is 0 Å². The van der Waals surface area contributed by atoms with Crippen molar-refractivity contribution in [1.82, 2.24) is 9.55 Å². The number of halogens is 2. The summed E-state index contributed by atoms with van der Waals surface area (Å²) >= 11 is 13.6. The summed E-state index contributed by atoms with van der Waals surface area (Å²) in [5.41, 5.74) is 0. The van der Waals surface area contributed by atoms with Crippen LogP contribution in [0.2, 0.25) is 10.0 Å². The average molecular weight is 303 g/mol. The van der Waals surface area contributed by atoms with Crippen LogP contribution in [-0.4, -0.2) is 21.9 Å². The molecule has 0 N–H and O–H groups in total. The Morgan fingerprint density at radius 1 is 1.33 bits per heavy atom. The summed E-state index contributed by atoms with van der Waals surface area (Å²) in [6, 6.07) is 5.31. The molecule has 0 atom stereocenters. The third-order valence-electron chi connectivity index (χ3n) is 2.26. The number of hydrogen-bond acceptors (Lipinski definition) is 3. The fourth-order valence-electron chi connectivity index (χ4n) is 1.39. The molecular formula is C12H12Cl2N2OS. The molecule has 1 aromatic heterocycles. The van der Waals surface area contributed by atoms with E-state index in [9.17, 15) is 0 Å². The Labute approximate surface area is 120 Å². The quantitative estimate of drug-likeness (QED) is 0.619. The summed E-state index contributed by atoms with van der Waals surface area (Å²) in [7, 11) is 1.96. The van der Waals surface area contributed by atoms with Gasteiger partial charge in [0.1, 0.15) is 0 Å². The molecule has 0 saturated heterocycles. The first-order valence-electron chi connectivity index (χ1n) is 5.35. The maximum Gasteiger partial charge on any atom is 0.167 e. The molecule has 2 aromatic rings. The number of ether oxygens (including phenoxy) is 1. The normalized spacial score (nSPS) is 10.6. The summed E-state index contributed by atoms with van der Waals surface area (Å²) in [5.74, 6) is 1.33.